The molecule has 0 atom stereocenters. The zero-order valence-electron chi connectivity index (χ0n) is 9.25. The molecule has 1 heterocycles. The van der Waals surface area contributed by atoms with Gasteiger partial charge in [-0.2, -0.15) is 4.39 Å². The van der Waals surface area contributed by atoms with Crippen molar-refractivity contribution in [2.45, 2.75) is 0 Å². The Kier molecular flexibility index (Phi) is 3.71. The second kappa shape index (κ2) is 5.27. The van der Waals surface area contributed by atoms with Gasteiger partial charge in [0.15, 0.2) is 5.82 Å². The lowest BCUT2D eigenvalue weighted by atomic mass is 10.2. The van der Waals surface area contributed by atoms with Gasteiger partial charge in [0.1, 0.15) is 5.82 Å². The third-order valence-corrected chi connectivity index (χ3v) is 2.43. The Bertz CT molecular complexity index is 629. The molecule has 0 aliphatic rings. The maximum absolute atomic E-state index is 13.3. The molecule has 0 aliphatic carbocycles. The summed E-state index contributed by atoms with van der Waals surface area (Å²) in [6.45, 7) is 0. The Labute approximate surface area is 111 Å². The molecule has 2 rings (SSSR count). The van der Waals surface area contributed by atoms with Crippen LogP contribution in [-0.4, -0.2) is 10.9 Å². The number of nitrogens with zero attached hydrogens (tertiary/aromatic N) is 1. The Hall–Kier alpha value is -2.08. The molecule has 0 bridgehead atoms. The lowest BCUT2D eigenvalue weighted by molar-refractivity contribution is 0.102. The van der Waals surface area contributed by atoms with Gasteiger partial charge in [0.2, 0.25) is 5.95 Å². The lowest BCUT2D eigenvalue weighted by Crippen LogP contribution is -2.15. The van der Waals surface area contributed by atoms with Crippen LogP contribution >= 0.6 is 11.6 Å². The van der Waals surface area contributed by atoms with Gasteiger partial charge in [-0.3, -0.25) is 4.79 Å². The molecule has 0 aliphatic heterocycles. The molecule has 2 aromatic rings. The molecule has 3 nitrogen and oxygen atoms in total. The first kappa shape index (κ1) is 13.4. The Morgan fingerprint density at radius 3 is 2.63 bits per heavy atom. The number of carbonyl (C=O) groups excluding carboxylic acids is 1. The van der Waals surface area contributed by atoms with Crippen molar-refractivity contribution in [1.82, 2.24) is 4.98 Å². The normalized spacial score (nSPS) is 10.3. The monoisotopic (exact) mass is 286 g/mol. The summed E-state index contributed by atoms with van der Waals surface area (Å²) in [5.41, 5.74) is -0.500. The smallest absolute Gasteiger partial charge is 0.258 e. The Morgan fingerprint density at radius 2 is 1.95 bits per heavy atom. The van der Waals surface area contributed by atoms with Gasteiger partial charge in [-0.05, 0) is 24.3 Å². The minimum Gasteiger partial charge on any atom is -0.322 e. The SMILES string of the molecule is O=C(Nc1cc(F)cc(Cl)c1)c1ccnc(F)c1F. The highest BCUT2D eigenvalue weighted by Crippen LogP contribution is 2.19. The molecule has 1 aromatic heterocycles. The van der Waals surface area contributed by atoms with Gasteiger partial charge in [0.05, 0.1) is 5.56 Å². The number of hydrogen-bond acceptors (Lipinski definition) is 2. The maximum atomic E-state index is 13.3. The standard InChI is InChI=1S/C12H6ClF3N2O/c13-6-3-7(14)5-8(4-6)18-12(19)9-1-2-17-11(16)10(9)15/h1-5H,(H,18,19). The molecule has 19 heavy (non-hydrogen) atoms. The fourth-order valence-corrected chi connectivity index (χ4v) is 1.64. The van der Waals surface area contributed by atoms with E-state index in [0.29, 0.717) is 0 Å². The molecule has 1 amide bonds. The van der Waals surface area contributed by atoms with E-state index in [-0.39, 0.29) is 10.7 Å². The van der Waals surface area contributed by atoms with Gasteiger partial charge < -0.3 is 5.32 Å². The van der Waals surface area contributed by atoms with Gasteiger partial charge in [-0.25, -0.2) is 13.8 Å². The topological polar surface area (TPSA) is 42.0 Å². The number of carbonyl (C=O) groups is 1. The number of amides is 1. The van der Waals surface area contributed by atoms with Gasteiger partial charge in [-0.1, -0.05) is 11.6 Å². The summed E-state index contributed by atoms with van der Waals surface area (Å²) in [6.07, 6.45) is 0.950. The molecule has 0 saturated heterocycles. The van der Waals surface area contributed by atoms with Crippen molar-refractivity contribution in [1.29, 1.82) is 0 Å². The van der Waals surface area contributed by atoms with E-state index < -0.39 is 29.1 Å². The van der Waals surface area contributed by atoms with Gasteiger partial charge in [0, 0.05) is 16.9 Å². The van der Waals surface area contributed by atoms with E-state index in [1.165, 1.54) is 6.07 Å². The van der Waals surface area contributed by atoms with E-state index in [1.54, 1.807) is 0 Å². The van der Waals surface area contributed by atoms with E-state index in [0.717, 1.165) is 24.4 Å². The summed E-state index contributed by atoms with van der Waals surface area (Å²) in [7, 11) is 0. The van der Waals surface area contributed by atoms with Crippen LogP contribution in [0.2, 0.25) is 5.02 Å². The van der Waals surface area contributed by atoms with Gasteiger partial charge >= 0.3 is 0 Å². The minimum absolute atomic E-state index is 0.0339. The van der Waals surface area contributed by atoms with Crippen molar-refractivity contribution in [3.63, 3.8) is 0 Å². The van der Waals surface area contributed by atoms with Crippen LogP contribution in [0.15, 0.2) is 30.5 Å². The van der Waals surface area contributed by atoms with Crippen LogP contribution in [0.5, 0.6) is 0 Å². The first-order valence-electron chi connectivity index (χ1n) is 5.05. The molecule has 0 saturated carbocycles. The molecular formula is C12H6ClF3N2O. The molecule has 98 valence electrons. The average Bonchev–Trinajstić information content (AvgIpc) is 2.31. The highest BCUT2D eigenvalue weighted by atomic mass is 35.5. The third kappa shape index (κ3) is 3.03. The van der Waals surface area contributed by atoms with Crippen molar-refractivity contribution < 1.29 is 18.0 Å². The second-order valence-corrected chi connectivity index (χ2v) is 4.01. The molecule has 0 radical (unpaired) electrons. The Morgan fingerprint density at radius 1 is 1.21 bits per heavy atom. The summed E-state index contributed by atoms with van der Waals surface area (Å²) in [5, 5.41) is 2.28. The number of anilines is 1. The number of hydrogen-bond donors (Lipinski definition) is 1. The highest BCUT2D eigenvalue weighted by Gasteiger charge is 2.16. The number of pyridine rings is 1. The minimum atomic E-state index is -1.38. The molecule has 0 unspecified atom stereocenters. The molecule has 1 N–H and O–H groups in total. The predicted molar refractivity (Wildman–Crippen MR) is 63.5 cm³/mol. The first-order chi connectivity index (χ1) is 8.97. The van der Waals surface area contributed by atoms with Gasteiger partial charge in [-0.15, -0.1) is 0 Å². The first-order valence-corrected chi connectivity index (χ1v) is 5.42. The van der Waals surface area contributed by atoms with Crippen LogP contribution in [0, 0.1) is 17.6 Å². The quantitative estimate of drug-likeness (QED) is 0.860. The molecular weight excluding hydrogens is 281 g/mol. The van der Waals surface area contributed by atoms with Gasteiger partial charge in [0.25, 0.3) is 5.91 Å². The third-order valence-electron chi connectivity index (χ3n) is 2.21. The summed E-state index contributed by atoms with van der Waals surface area (Å²) in [6, 6.07) is 4.33. The van der Waals surface area contributed by atoms with Crippen molar-refractivity contribution in [3.8, 4) is 0 Å². The predicted octanol–water partition coefficient (Wildman–Crippen LogP) is 3.40. The summed E-state index contributed by atoms with van der Waals surface area (Å²) >= 11 is 5.60. The zero-order valence-corrected chi connectivity index (χ0v) is 10.0. The fourth-order valence-electron chi connectivity index (χ4n) is 1.42. The summed E-state index contributed by atoms with van der Waals surface area (Å²) in [5.74, 6) is -4.35. The van der Waals surface area contributed by atoms with E-state index in [9.17, 15) is 18.0 Å². The number of benzene rings is 1. The largest absolute Gasteiger partial charge is 0.322 e. The molecule has 7 heteroatoms. The summed E-state index contributed by atoms with van der Waals surface area (Å²) < 4.78 is 39.2. The highest BCUT2D eigenvalue weighted by molar-refractivity contribution is 6.31. The molecule has 0 spiro atoms. The van der Waals surface area contributed by atoms with Crippen LogP contribution in [-0.2, 0) is 0 Å². The van der Waals surface area contributed by atoms with Crippen molar-refractivity contribution >= 4 is 23.2 Å². The van der Waals surface area contributed by atoms with Crippen LogP contribution in [0.3, 0.4) is 0 Å². The molecule has 1 aromatic carbocycles. The van der Waals surface area contributed by atoms with E-state index >= 15 is 0 Å². The van der Waals surface area contributed by atoms with Crippen LogP contribution in [0.25, 0.3) is 0 Å². The van der Waals surface area contributed by atoms with E-state index in [1.807, 2.05) is 0 Å². The number of aromatic nitrogens is 1. The van der Waals surface area contributed by atoms with Crippen LogP contribution in [0.1, 0.15) is 10.4 Å². The lowest BCUT2D eigenvalue weighted by Gasteiger charge is -2.06. The van der Waals surface area contributed by atoms with E-state index in [4.69, 9.17) is 11.6 Å². The summed E-state index contributed by atoms with van der Waals surface area (Å²) in [4.78, 5) is 14.8. The second-order valence-electron chi connectivity index (χ2n) is 3.58. The zero-order chi connectivity index (χ0) is 14.0. The average molecular weight is 287 g/mol. The van der Waals surface area contributed by atoms with E-state index in [2.05, 4.69) is 10.3 Å². The van der Waals surface area contributed by atoms with Crippen molar-refractivity contribution in [2.75, 3.05) is 5.32 Å². The number of rotatable bonds is 2. The number of nitrogens with one attached hydrogen (secondary N) is 1. The van der Waals surface area contributed by atoms with Crippen molar-refractivity contribution in [2.24, 2.45) is 0 Å². The Balaban J connectivity index is 2.28. The fraction of sp³-hybridized carbons (Fsp3) is 0. The maximum Gasteiger partial charge on any atom is 0.258 e. The number of halogens is 4. The molecule has 0 fully saturated rings. The van der Waals surface area contributed by atoms with Crippen molar-refractivity contribution in [3.05, 3.63) is 58.6 Å². The van der Waals surface area contributed by atoms with Crippen LogP contribution < -0.4 is 5.32 Å². The van der Waals surface area contributed by atoms with Crippen LogP contribution in [0.4, 0.5) is 18.9 Å².